The number of nitrogens with zero attached hydrogens (tertiary/aromatic N) is 4. The maximum Gasteiger partial charge on any atom is 0.326 e. The number of rotatable bonds is 5. The molecule has 5 rings (SSSR count). The van der Waals surface area contributed by atoms with Gasteiger partial charge in [-0.2, -0.15) is 5.26 Å². The topological polar surface area (TPSA) is 74.0 Å². The maximum absolute atomic E-state index is 13.5. The number of pyridine rings is 1. The first kappa shape index (κ1) is 24.6. The molecule has 0 saturated carbocycles. The van der Waals surface area contributed by atoms with Crippen LogP contribution in [0.25, 0.3) is 17.0 Å². The third kappa shape index (κ3) is 5.24. The molecule has 0 unspecified atom stereocenters. The Morgan fingerprint density at radius 2 is 2.03 bits per heavy atom. The Labute approximate surface area is 217 Å². The zero-order valence-electron chi connectivity index (χ0n) is 19.7. The molecule has 0 spiro atoms. The Morgan fingerprint density at radius 3 is 2.81 bits per heavy atom. The third-order valence-electron chi connectivity index (χ3n) is 6.41. The molecular weight excluding hydrogens is 496 g/mol. The predicted molar refractivity (Wildman–Crippen MR) is 138 cm³/mol. The van der Waals surface area contributed by atoms with E-state index in [1.165, 1.54) is 12.1 Å². The Balaban J connectivity index is 1.39. The monoisotopic (exact) mass is 517 g/mol. The van der Waals surface area contributed by atoms with Crippen molar-refractivity contribution in [1.29, 1.82) is 5.26 Å². The van der Waals surface area contributed by atoms with Crippen molar-refractivity contribution in [3.05, 3.63) is 106 Å². The van der Waals surface area contributed by atoms with Gasteiger partial charge in [-0.3, -0.25) is 9.47 Å². The number of hydrogen-bond acceptors (Lipinski definition) is 4. The van der Waals surface area contributed by atoms with Crippen LogP contribution < -0.4 is 5.32 Å². The number of amides is 1. The molecule has 4 aromatic rings. The van der Waals surface area contributed by atoms with Gasteiger partial charge in [-0.05, 0) is 53.1 Å². The van der Waals surface area contributed by atoms with Gasteiger partial charge in [0, 0.05) is 49.9 Å². The first-order chi connectivity index (χ1) is 17.9. The van der Waals surface area contributed by atoms with E-state index in [4.69, 9.17) is 11.6 Å². The molecule has 1 aliphatic rings. The highest BCUT2D eigenvalue weighted by atomic mass is 35.5. The van der Waals surface area contributed by atoms with Crippen molar-refractivity contribution in [2.24, 2.45) is 0 Å². The van der Waals surface area contributed by atoms with E-state index in [0.29, 0.717) is 47.9 Å². The van der Waals surface area contributed by atoms with Gasteiger partial charge in [-0.25, -0.2) is 18.6 Å². The van der Waals surface area contributed by atoms with Gasteiger partial charge in [0.1, 0.15) is 5.15 Å². The van der Waals surface area contributed by atoms with Crippen molar-refractivity contribution in [3.63, 3.8) is 0 Å². The molecule has 3 heterocycles. The van der Waals surface area contributed by atoms with Gasteiger partial charge in [0.15, 0.2) is 11.6 Å². The van der Waals surface area contributed by atoms with E-state index in [1.54, 1.807) is 41.1 Å². The zero-order chi connectivity index (χ0) is 25.9. The van der Waals surface area contributed by atoms with Crippen LogP contribution in [0.15, 0.2) is 60.8 Å². The second kappa shape index (κ2) is 10.5. The van der Waals surface area contributed by atoms with Crippen LogP contribution in [0, 0.1) is 23.0 Å². The molecule has 6 nitrogen and oxygen atoms in total. The molecule has 37 heavy (non-hydrogen) atoms. The number of carbonyl (C=O) groups is 1. The summed E-state index contributed by atoms with van der Waals surface area (Å²) >= 11 is 5.96. The van der Waals surface area contributed by atoms with Crippen molar-refractivity contribution in [2.45, 2.75) is 19.5 Å². The summed E-state index contributed by atoms with van der Waals surface area (Å²) < 4.78 is 28.3. The minimum Gasteiger partial charge on any atom is -0.333 e. The highest BCUT2D eigenvalue weighted by Crippen LogP contribution is 2.31. The average molecular weight is 518 g/mol. The Kier molecular flexibility index (Phi) is 6.99. The molecule has 1 N–H and O–H groups in total. The van der Waals surface area contributed by atoms with Crippen molar-refractivity contribution in [3.8, 4) is 6.07 Å². The fourth-order valence-electron chi connectivity index (χ4n) is 4.63. The third-order valence-corrected chi connectivity index (χ3v) is 6.62. The number of carbonyl (C=O) groups excluding carboxylic acids is 1. The van der Waals surface area contributed by atoms with E-state index in [1.807, 2.05) is 12.1 Å². The molecular formula is C28H22ClF2N5O. The van der Waals surface area contributed by atoms with Crippen LogP contribution in [0.4, 0.5) is 13.6 Å². The van der Waals surface area contributed by atoms with Crippen molar-refractivity contribution in [1.82, 2.24) is 19.8 Å². The molecule has 0 aliphatic carbocycles. The molecule has 0 bridgehead atoms. The second-order valence-corrected chi connectivity index (χ2v) is 9.20. The van der Waals surface area contributed by atoms with Crippen LogP contribution in [0.2, 0.25) is 5.15 Å². The van der Waals surface area contributed by atoms with E-state index in [0.717, 1.165) is 28.3 Å². The van der Waals surface area contributed by atoms with Crippen molar-refractivity contribution in [2.75, 3.05) is 13.1 Å². The predicted octanol–water partition coefficient (Wildman–Crippen LogP) is 5.67. The van der Waals surface area contributed by atoms with Gasteiger partial charge in [0.05, 0.1) is 17.1 Å². The molecule has 0 fully saturated rings. The quantitative estimate of drug-likeness (QED) is 0.346. The number of fused-ring (bicyclic) bond motifs is 3. The number of halogens is 3. The summed E-state index contributed by atoms with van der Waals surface area (Å²) in [6, 6.07) is 14.6. The normalized spacial score (nSPS) is 13.6. The average Bonchev–Trinajstić information content (AvgIpc) is 3.22. The summed E-state index contributed by atoms with van der Waals surface area (Å²) in [5, 5.41) is 13.7. The summed E-state index contributed by atoms with van der Waals surface area (Å²) in [6.07, 6.45) is 5.90. The van der Waals surface area contributed by atoms with E-state index < -0.39 is 11.6 Å². The number of nitrogens with one attached hydrogen (secondary N) is 1. The van der Waals surface area contributed by atoms with Gasteiger partial charge in [-0.1, -0.05) is 35.9 Å². The number of nitriles is 1. The first-order valence-electron chi connectivity index (χ1n) is 11.7. The minimum absolute atomic E-state index is 0.277. The molecule has 1 aliphatic heterocycles. The maximum atomic E-state index is 13.5. The van der Waals surface area contributed by atoms with Gasteiger partial charge >= 0.3 is 6.03 Å². The SMILES string of the molecule is N#Cc1ccc2c3c(n(C(=O)NCc4ccnc(Cl)c4)c2c1)CCN(C/C=C/c1ccc(F)c(F)c1)C3. The molecule has 186 valence electrons. The highest BCUT2D eigenvalue weighted by Gasteiger charge is 2.26. The van der Waals surface area contributed by atoms with Crippen LogP contribution >= 0.6 is 11.6 Å². The standard InChI is InChI=1S/C28H22ClF2N5O/c29-27-14-20(7-9-33-27)16-34-28(37)36-25-8-11-35(10-1-2-18-4-6-23(30)24(31)12-18)17-22(25)21-5-3-19(15-32)13-26(21)36/h1-7,9,12-14H,8,10-11,16-17H2,(H,34,37)/b2-1+. The second-order valence-electron chi connectivity index (χ2n) is 8.81. The first-order valence-corrected chi connectivity index (χ1v) is 12.1. The molecule has 2 aromatic heterocycles. The van der Waals surface area contributed by atoms with E-state index in [-0.39, 0.29) is 12.6 Å². The van der Waals surface area contributed by atoms with Crippen LogP contribution in [0.3, 0.4) is 0 Å². The van der Waals surface area contributed by atoms with E-state index in [2.05, 4.69) is 21.3 Å². The van der Waals surface area contributed by atoms with Crippen LogP contribution in [0.5, 0.6) is 0 Å². The summed E-state index contributed by atoms with van der Waals surface area (Å²) in [7, 11) is 0. The van der Waals surface area contributed by atoms with Gasteiger partial charge < -0.3 is 5.32 Å². The fraction of sp³-hybridized carbons (Fsp3) is 0.179. The van der Waals surface area contributed by atoms with Crippen molar-refractivity contribution >= 4 is 34.6 Å². The number of benzene rings is 2. The van der Waals surface area contributed by atoms with E-state index in [9.17, 15) is 18.8 Å². The van der Waals surface area contributed by atoms with Crippen LogP contribution in [-0.2, 0) is 19.5 Å². The summed E-state index contributed by atoms with van der Waals surface area (Å²) in [5.41, 5.74) is 4.53. The lowest BCUT2D eigenvalue weighted by Gasteiger charge is -2.27. The molecule has 0 atom stereocenters. The molecule has 1 amide bonds. The van der Waals surface area contributed by atoms with Gasteiger partial charge in [0.2, 0.25) is 0 Å². The van der Waals surface area contributed by atoms with Crippen LogP contribution in [0.1, 0.15) is 27.9 Å². The molecule has 2 aromatic carbocycles. The Bertz CT molecular complexity index is 1570. The summed E-state index contributed by atoms with van der Waals surface area (Å²) in [4.78, 5) is 19.5. The Hall–Kier alpha value is -4.06. The Morgan fingerprint density at radius 1 is 1.16 bits per heavy atom. The van der Waals surface area contributed by atoms with Crippen molar-refractivity contribution < 1.29 is 13.6 Å². The summed E-state index contributed by atoms with van der Waals surface area (Å²) in [5.74, 6) is -1.75. The summed E-state index contributed by atoms with van der Waals surface area (Å²) in [6.45, 7) is 2.22. The lowest BCUT2D eigenvalue weighted by molar-refractivity contribution is 0.240. The molecule has 9 heteroatoms. The number of aromatic nitrogens is 2. The fourth-order valence-corrected chi connectivity index (χ4v) is 4.83. The van der Waals surface area contributed by atoms with Crippen LogP contribution in [-0.4, -0.2) is 33.6 Å². The van der Waals surface area contributed by atoms with Gasteiger partial charge in [-0.15, -0.1) is 0 Å². The lowest BCUT2D eigenvalue weighted by atomic mass is 10.0. The highest BCUT2D eigenvalue weighted by molar-refractivity contribution is 6.29. The van der Waals surface area contributed by atoms with Gasteiger partial charge in [0.25, 0.3) is 0 Å². The van der Waals surface area contributed by atoms with E-state index >= 15 is 0 Å². The minimum atomic E-state index is -0.875. The number of hydrogen-bond donors (Lipinski definition) is 1. The molecule has 0 radical (unpaired) electrons. The zero-order valence-corrected chi connectivity index (χ0v) is 20.5. The molecule has 0 saturated heterocycles. The lowest BCUT2D eigenvalue weighted by Crippen LogP contribution is -2.34. The smallest absolute Gasteiger partial charge is 0.326 e. The largest absolute Gasteiger partial charge is 0.333 e.